The van der Waals surface area contributed by atoms with Gasteiger partial charge < -0.3 is 4.74 Å². The Kier molecular flexibility index (Phi) is 2.24. The minimum Gasteiger partial charge on any atom is -0.368 e. The minimum absolute atomic E-state index is 0.134. The van der Waals surface area contributed by atoms with Gasteiger partial charge in [-0.2, -0.15) is 12.7 Å². The number of nitrogens with one attached hydrogen (secondary N) is 1. The van der Waals surface area contributed by atoms with Crippen LogP contribution in [-0.2, 0) is 14.9 Å². The van der Waals surface area contributed by atoms with Gasteiger partial charge in [-0.15, -0.1) is 0 Å². The van der Waals surface area contributed by atoms with Crippen molar-refractivity contribution in [2.75, 3.05) is 26.9 Å². The molecule has 6 heteroatoms. The Balaban J connectivity index is 2.60. The number of ether oxygens (including phenoxy) is 1. The molecular formula is C4H10N2O3S. The first-order chi connectivity index (χ1) is 4.67. The monoisotopic (exact) mass is 166 g/mol. The van der Waals surface area contributed by atoms with E-state index in [1.165, 1.54) is 11.4 Å². The molecule has 0 spiro atoms. The maximum Gasteiger partial charge on any atom is 0.281 e. The highest BCUT2D eigenvalue weighted by Gasteiger charge is 2.26. The lowest BCUT2D eigenvalue weighted by Crippen LogP contribution is -2.30. The molecule has 0 bridgehead atoms. The van der Waals surface area contributed by atoms with Gasteiger partial charge in [0.15, 0.2) is 0 Å². The van der Waals surface area contributed by atoms with Gasteiger partial charge in [0, 0.05) is 20.2 Å². The van der Waals surface area contributed by atoms with Crippen LogP contribution in [0.5, 0.6) is 0 Å². The molecule has 1 aliphatic rings. The summed E-state index contributed by atoms with van der Waals surface area (Å²) in [6.07, 6.45) is 0. The first kappa shape index (κ1) is 7.93. The summed E-state index contributed by atoms with van der Waals surface area (Å²) < 4.78 is 30.0. The van der Waals surface area contributed by atoms with Gasteiger partial charge in [-0.3, -0.25) is 0 Å². The SMILES string of the molecule is COCN1CCNS1(=O)=O. The van der Waals surface area contributed by atoms with E-state index in [1.807, 2.05) is 0 Å². The second kappa shape index (κ2) is 2.83. The van der Waals surface area contributed by atoms with Crippen LogP contribution in [0.4, 0.5) is 0 Å². The molecule has 0 aliphatic carbocycles. The molecule has 10 heavy (non-hydrogen) atoms. The van der Waals surface area contributed by atoms with Crippen LogP contribution in [0.15, 0.2) is 0 Å². The highest BCUT2D eigenvalue weighted by atomic mass is 32.2. The number of nitrogens with zero attached hydrogens (tertiary/aromatic N) is 1. The molecule has 5 nitrogen and oxygen atoms in total. The average molecular weight is 166 g/mol. The third-order valence-electron chi connectivity index (χ3n) is 1.26. The van der Waals surface area contributed by atoms with Crippen molar-refractivity contribution in [1.82, 2.24) is 9.03 Å². The molecule has 0 atom stereocenters. The average Bonchev–Trinajstić information content (AvgIpc) is 2.13. The Morgan fingerprint density at radius 2 is 2.40 bits per heavy atom. The van der Waals surface area contributed by atoms with Crippen molar-refractivity contribution in [2.45, 2.75) is 0 Å². The van der Waals surface area contributed by atoms with Gasteiger partial charge in [0.1, 0.15) is 6.73 Å². The van der Waals surface area contributed by atoms with Gasteiger partial charge in [-0.05, 0) is 0 Å². The molecular weight excluding hydrogens is 156 g/mol. The maximum atomic E-state index is 10.9. The third kappa shape index (κ3) is 1.46. The first-order valence-corrected chi connectivity index (χ1v) is 4.34. The summed E-state index contributed by atoms with van der Waals surface area (Å²) >= 11 is 0. The summed E-state index contributed by atoms with van der Waals surface area (Å²) in [5, 5.41) is 0. The zero-order chi connectivity index (χ0) is 7.61. The van der Waals surface area contributed by atoms with E-state index in [2.05, 4.69) is 9.46 Å². The zero-order valence-corrected chi connectivity index (χ0v) is 6.52. The molecule has 1 aliphatic heterocycles. The smallest absolute Gasteiger partial charge is 0.281 e. The highest BCUT2D eigenvalue weighted by molar-refractivity contribution is 7.87. The van der Waals surface area contributed by atoms with Crippen LogP contribution in [0.1, 0.15) is 0 Å². The summed E-state index contributed by atoms with van der Waals surface area (Å²) in [7, 11) is -1.72. The van der Waals surface area contributed by atoms with Gasteiger partial charge in [0.05, 0.1) is 0 Å². The first-order valence-electron chi connectivity index (χ1n) is 2.90. The van der Waals surface area contributed by atoms with Gasteiger partial charge in [0.2, 0.25) is 0 Å². The number of methoxy groups -OCH3 is 1. The van der Waals surface area contributed by atoms with E-state index in [0.717, 1.165) is 0 Å². The molecule has 1 heterocycles. The summed E-state index contributed by atoms with van der Waals surface area (Å²) in [5.74, 6) is 0. The van der Waals surface area contributed by atoms with Gasteiger partial charge >= 0.3 is 0 Å². The predicted octanol–water partition coefficient (Wildman–Crippen LogP) is -1.26. The fourth-order valence-corrected chi connectivity index (χ4v) is 1.90. The van der Waals surface area contributed by atoms with E-state index in [4.69, 9.17) is 0 Å². The Morgan fingerprint density at radius 1 is 1.70 bits per heavy atom. The van der Waals surface area contributed by atoms with Crippen LogP contribution in [0.25, 0.3) is 0 Å². The number of hydrogen-bond acceptors (Lipinski definition) is 3. The standard InChI is InChI=1S/C4H10N2O3S/c1-9-4-6-3-2-5-10(6,7)8/h5H,2-4H2,1H3. The molecule has 1 N–H and O–H groups in total. The van der Waals surface area contributed by atoms with E-state index in [1.54, 1.807) is 0 Å². The van der Waals surface area contributed by atoms with Crippen molar-refractivity contribution in [3.63, 3.8) is 0 Å². The van der Waals surface area contributed by atoms with Crippen molar-refractivity contribution in [1.29, 1.82) is 0 Å². The topological polar surface area (TPSA) is 58.6 Å². The van der Waals surface area contributed by atoms with Gasteiger partial charge in [-0.1, -0.05) is 0 Å². The largest absolute Gasteiger partial charge is 0.368 e. The van der Waals surface area contributed by atoms with Crippen LogP contribution in [-0.4, -0.2) is 39.7 Å². The summed E-state index contributed by atoms with van der Waals surface area (Å²) in [5.41, 5.74) is 0. The van der Waals surface area contributed by atoms with Crippen molar-refractivity contribution >= 4 is 10.2 Å². The number of rotatable bonds is 2. The quantitative estimate of drug-likeness (QED) is 0.557. The van der Waals surface area contributed by atoms with Crippen LogP contribution >= 0.6 is 0 Å². The summed E-state index contributed by atoms with van der Waals surface area (Å²) in [6.45, 7) is 1.11. The lowest BCUT2D eigenvalue weighted by molar-refractivity contribution is 0.124. The normalized spacial score (nSPS) is 25.3. The van der Waals surface area contributed by atoms with Crippen molar-refractivity contribution in [3.05, 3.63) is 0 Å². The summed E-state index contributed by atoms with van der Waals surface area (Å²) in [4.78, 5) is 0. The Hall–Kier alpha value is -0.170. The number of hydrogen-bond donors (Lipinski definition) is 1. The van der Waals surface area contributed by atoms with Crippen molar-refractivity contribution in [2.24, 2.45) is 0 Å². The maximum absolute atomic E-state index is 10.9. The van der Waals surface area contributed by atoms with Crippen molar-refractivity contribution < 1.29 is 13.2 Å². The van der Waals surface area contributed by atoms with Crippen LogP contribution in [0.3, 0.4) is 0 Å². The highest BCUT2D eigenvalue weighted by Crippen LogP contribution is 2.02. The van der Waals surface area contributed by atoms with E-state index < -0.39 is 10.2 Å². The second-order valence-electron chi connectivity index (χ2n) is 1.99. The third-order valence-corrected chi connectivity index (χ3v) is 2.80. The fourth-order valence-electron chi connectivity index (χ4n) is 0.789. The molecule has 1 saturated heterocycles. The molecule has 1 fully saturated rings. The van der Waals surface area contributed by atoms with E-state index >= 15 is 0 Å². The van der Waals surface area contributed by atoms with Crippen LogP contribution in [0, 0.1) is 0 Å². The molecule has 1 rings (SSSR count). The molecule has 0 amide bonds. The molecule has 60 valence electrons. The van der Waals surface area contributed by atoms with Crippen LogP contribution in [0.2, 0.25) is 0 Å². The lowest BCUT2D eigenvalue weighted by Gasteiger charge is -2.10. The Morgan fingerprint density at radius 3 is 2.80 bits per heavy atom. The molecule has 0 radical (unpaired) electrons. The Labute approximate surface area is 60.1 Å². The molecule has 0 unspecified atom stereocenters. The predicted molar refractivity (Wildman–Crippen MR) is 35.5 cm³/mol. The molecule has 0 saturated carbocycles. The second-order valence-corrected chi connectivity index (χ2v) is 3.75. The molecule has 0 aromatic carbocycles. The van der Waals surface area contributed by atoms with Gasteiger partial charge in [0.25, 0.3) is 10.2 Å². The van der Waals surface area contributed by atoms with E-state index in [-0.39, 0.29) is 6.73 Å². The molecule has 0 aromatic rings. The Bertz CT molecular complexity index is 201. The minimum atomic E-state index is -3.19. The lowest BCUT2D eigenvalue weighted by atomic mass is 10.7. The summed E-state index contributed by atoms with van der Waals surface area (Å²) in [6, 6.07) is 0. The van der Waals surface area contributed by atoms with E-state index in [0.29, 0.717) is 13.1 Å². The fraction of sp³-hybridized carbons (Fsp3) is 1.00. The van der Waals surface area contributed by atoms with Crippen molar-refractivity contribution in [3.8, 4) is 0 Å². The van der Waals surface area contributed by atoms with Crippen LogP contribution < -0.4 is 4.72 Å². The van der Waals surface area contributed by atoms with E-state index in [9.17, 15) is 8.42 Å². The zero-order valence-electron chi connectivity index (χ0n) is 5.70. The molecule has 0 aromatic heterocycles. The van der Waals surface area contributed by atoms with Gasteiger partial charge in [-0.25, -0.2) is 4.72 Å².